The van der Waals surface area contributed by atoms with E-state index >= 15 is 0 Å². The molecule has 2 rings (SSSR count). The first kappa shape index (κ1) is 11.0. The molecule has 1 aromatic rings. The first-order valence-corrected chi connectivity index (χ1v) is 6.23. The summed E-state index contributed by atoms with van der Waals surface area (Å²) in [5, 5.41) is 0. The lowest BCUT2D eigenvalue weighted by atomic mass is 10.1. The van der Waals surface area contributed by atoms with Gasteiger partial charge in [-0.25, -0.2) is 0 Å². The molecule has 1 aliphatic carbocycles. The Morgan fingerprint density at radius 1 is 1.47 bits per heavy atom. The zero-order valence-electron chi connectivity index (χ0n) is 9.04. The average Bonchev–Trinajstić information content (AvgIpc) is 3.03. The fourth-order valence-electron chi connectivity index (χ4n) is 1.89. The van der Waals surface area contributed by atoms with Crippen molar-refractivity contribution in [3.05, 3.63) is 28.2 Å². The number of rotatable bonds is 4. The summed E-state index contributed by atoms with van der Waals surface area (Å²) >= 11 is 3.53. The quantitative estimate of drug-likeness (QED) is 0.910. The van der Waals surface area contributed by atoms with Crippen molar-refractivity contribution in [2.75, 3.05) is 18.5 Å². The van der Waals surface area contributed by atoms with Crippen molar-refractivity contribution in [3.8, 4) is 0 Å². The lowest BCUT2D eigenvalue weighted by molar-refractivity contribution is 0.887. The highest BCUT2D eigenvalue weighted by molar-refractivity contribution is 9.10. The minimum Gasteiger partial charge on any atom is -0.371 e. The van der Waals surface area contributed by atoms with E-state index in [0.29, 0.717) is 6.54 Å². The lowest BCUT2D eigenvalue weighted by Gasteiger charge is -2.22. The molecule has 82 valence electrons. The molecule has 1 aromatic carbocycles. The summed E-state index contributed by atoms with van der Waals surface area (Å²) in [7, 11) is 2.18. The zero-order chi connectivity index (χ0) is 10.8. The summed E-state index contributed by atoms with van der Waals surface area (Å²) in [6, 6.07) is 7.21. The molecule has 3 heteroatoms. The summed E-state index contributed by atoms with van der Waals surface area (Å²) in [4.78, 5) is 2.38. The Balaban J connectivity index is 2.28. The maximum Gasteiger partial charge on any atom is 0.0410 e. The van der Waals surface area contributed by atoms with E-state index in [0.717, 1.165) is 16.9 Å². The van der Waals surface area contributed by atoms with Gasteiger partial charge in [-0.3, -0.25) is 0 Å². The molecule has 0 atom stereocenters. The number of anilines is 1. The molecule has 0 radical (unpaired) electrons. The van der Waals surface area contributed by atoms with E-state index < -0.39 is 0 Å². The molecule has 0 unspecified atom stereocenters. The van der Waals surface area contributed by atoms with E-state index in [2.05, 4.69) is 46.1 Å². The van der Waals surface area contributed by atoms with Crippen molar-refractivity contribution in [1.82, 2.24) is 0 Å². The van der Waals surface area contributed by atoms with Crippen molar-refractivity contribution < 1.29 is 0 Å². The molecule has 2 N–H and O–H groups in total. The topological polar surface area (TPSA) is 29.3 Å². The Labute approximate surface area is 99.6 Å². The van der Waals surface area contributed by atoms with Crippen LogP contribution >= 0.6 is 15.9 Å². The Bertz CT molecular complexity index is 347. The van der Waals surface area contributed by atoms with E-state index in [4.69, 9.17) is 5.73 Å². The summed E-state index contributed by atoms with van der Waals surface area (Å²) in [6.45, 7) is 0.715. The van der Waals surface area contributed by atoms with Crippen molar-refractivity contribution in [2.24, 2.45) is 5.73 Å². The second kappa shape index (κ2) is 4.54. The summed E-state index contributed by atoms with van der Waals surface area (Å²) < 4.78 is 1.14. The molecule has 1 aliphatic rings. The highest BCUT2D eigenvalue weighted by Crippen LogP contribution is 2.33. The molecular formula is C12H17BrN2. The number of hydrogen-bond acceptors (Lipinski definition) is 2. The van der Waals surface area contributed by atoms with Crippen LogP contribution in [0.15, 0.2) is 22.7 Å². The second-order valence-electron chi connectivity index (χ2n) is 4.15. The summed E-state index contributed by atoms with van der Waals surface area (Å²) in [6.07, 6.45) is 3.61. The van der Waals surface area contributed by atoms with Crippen LogP contribution in [-0.2, 0) is 6.42 Å². The van der Waals surface area contributed by atoms with Crippen LogP contribution in [0, 0.1) is 0 Å². The van der Waals surface area contributed by atoms with Crippen molar-refractivity contribution in [2.45, 2.75) is 25.3 Å². The van der Waals surface area contributed by atoms with Gasteiger partial charge in [0.1, 0.15) is 0 Å². The number of benzene rings is 1. The maximum absolute atomic E-state index is 5.63. The largest absolute Gasteiger partial charge is 0.371 e. The van der Waals surface area contributed by atoms with Gasteiger partial charge in [-0.15, -0.1) is 0 Å². The van der Waals surface area contributed by atoms with E-state index in [-0.39, 0.29) is 0 Å². The minimum absolute atomic E-state index is 0.715. The third-order valence-electron chi connectivity index (χ3n) is 2.94. The van der Waals surface area contributed by atoms with Crippen LogP contribution < -0.4 is 10.6 Å². The second-order valence-corrected chi connectivity index (χ2v) is 5.07. The fraction of sp³-hybridized carbons (Fsp3) is 0.500. The van der Waals surface area contributed by atoms with E-state index in [1.54, 1.807) is 0 Å². The molecule has 1 saturated carbocycles. The molecule has 0 amide bonds. The highest BCUT2D eigenvalue weighted by Gasteiger charge is 2.27. The minimum atomic E-state index is 0.715. The monoisotopic (exact) mass is 268 g/mol. The van der Waals surface area contributed by atoms with Gasteiger partial charge in [-0.2, -0.15) is 0 Å². The maximum atomic E-state index is 5.63. The van der Waals surface area contributed by atoms with Gasteiger partial charge in [-0.1, -0.05) is 22.0 Å². The molecule has 1 fully saturated rings. The van der Waals surface area contributed by atoms with Crippen LogP contribution in [0.1, 0.15) is 18.4 Å². The van der Waals surface area contributed by atoms with E-state index in [9.17, 15) is 0 Å². The fourth-order valence-corrected chi connectivity index (χ4v) is 2.24. The number of nitrogens with zero attached hydrogens (tertiary/aromatic N) is 1. The summed E-state index contributed by atoms with van der Waals surface area (Å²) in [5.41, 5.74) is 8.32. The van der Waals surface area contributed by atoms with Gasteiger partial charge in [0.25, 0.3) is 0 Å². The van der Waals surface area contributed by atoms with E-state index in [1.807, 2.05) is 0 Å². The first-order valence-electron chi connectivity index (χ1n) is 5.43. The van der Waals surface area contributed by atoms with Crippen LogP contribution in [0.25, 0.3) is 0 Å². The molecule has 0 heterocycles. The van der Waals surface area contributed by atoms with Crippen molar-refractivity contribution in [1.29, 1.82) is 0 Å². The number of halogens is 1. The third kappa shape index (κ3) is 2.52. The Morgan fingerprint density at radius 2 is 2.20 bits per heavy atom. The highest BCUT2D eigenvalue weighted by atomic mass is 79.9. The third-order valence-corrected chi connectivity index (χ3v) is 3.43. The van der Waals surface area contributed by atoms with Crippen LogP contribution in [-0.4, -0.2) is 19.6 Å². The van der Waals surface area contributed by atoms with E-state index in [1.165, 1.54) is 24.1 Å². The molecule has 0 aliphatic heterocycles. The number of nitrogens with two attached hydrogens (primary N) is 1. The SMILES string of the molecule is CN(c1cc(Br)ccc1CCN)C1CC1. The standard InChI is InChI=1S/C12H17BrN2/c1-15(11-4-5-11)12-8-10(13)3-2-9(12)6-7-14/h2-3,8,11H,4-7,14H2,1H3. The Morgan fingerprint density at radius 3 is 2.80 bits per heavy atom. The van der Waals surface area contributed by atoms with Gasteiger partial charge in [0.05, 0.1) is 0 Å². The summed E-state index contributed by atoms with van der Waals surface area (Å²) in [5.74, 6) is 0. The van der Waals surface area contributed by atoms with Crippen molar-refractivity contribution in [3.63, 3.8) is 0 Å². The Kier molecular flexibility index (Phi) is 3.32. The predicted octanol–water partition coefficient (Wildman–Crippen LogP) is 2.55. The number of hydrogen-bond donors (Lipinski definition) is 1. The first-order chi connectivity index (χ1) is 7.22. The van der Waals surface area contributed by atoms with Crippen LogP contribution in [0.4, 0.5) is 5.69 Å². The van der Waals surface area contributed by atoms with Crippen molar-refractivity contribution >= 4 is 21.6 Å². The zero-order valence-corrected chi connectivity index (χ0v) is 10.6. The smallest absolute Gasteiger partial charge is 0.0410 e. The van der Waals surface area contributed by atoms with Gasteiger partial charge in [0.15, 0.2) is 0 Å². The molecule has 0 aromatic heterocycles. The lowest BCUT2D eigenvalue weighted by Crippen LogP contribution is -2.21. The molecular weight excluding hydrogens is 252 g/mol. The molecule has 0 spiro atoms. The van der Waals surface area contributed by atoms with Gasteiger partial charge in [-0.05, 0) is 43.5 Å². The normalized spacial score (nSPS) is 15.4. The van der Waals surface area contributed by atoms with Gasteiger partial charge < -0.3 is 10.6 Å². The van der Waals surface area contributed by atoms with Crippen LogP contribution in [0.5, 0.6) is 0 Å². The molecule has 15 heavy (non-hydrogen) atoms. The Hall–Kier alpha value is -0.540. The predicted molar refractivity (Wildman–Crippen MR) is 68.3 cm³/mol. The van der Waals surface area contributed by atoms with Crippen LogP contribution in [0.3, 0.4) is 0 Å². The van der Waals surface area contributed by atoms with Gasteiger partial charge in [0, 0.05) is 23.2 Å². The average molecular weight is 269 g/mol. The van der Waals surface area contributed by atoms with Gasteiger partial charge >= 0.3 is 0 Å². The molecule has 0 saturated heterocycles. The molecule has 0 bridgehead atoms. The van der Waals surface area contributed by atoms with Gasteiger partial charge in [0.2, 0.25) is 0 Å². The van der Waals surface area contributed by atoms with Crippen LogP contribution in [0.2, 0.25) is 0 Å². The molecule has 2 nitrogen and oxygen atoms in total.